The maximum absolute atomic E-state index is 12.5. The number of carbonyl (C=O) groups is 2. The first-order chi connectivity index (χ1) is 15.0. The van der Waals surface area contributed by atoms with Crippen LogP contribution in [0.25, 0.3) is 0 Å². The normalized spacial score (nSPS) is 10.2. The summed E-state index contributed by atoms with van der Waals surface area (Å²) in [7, 11) is 1.32. The maximum Gasteiger partial charge on any atom is 0.340 e. The van der Waals surface area contributed by atoms with Gasteiger partial charge in [0.1, 0.15) is 11.5 Å². The molecule has 31 heavy (non-hydrogen) atoms. The quantitative estimate of drug-likeness (QED) is 0.302. The number of amides is 1. The van der Waals surface area contributed by atoms with Gasteiger partial charge in [-0.2, -0.15) is 0 Å². The number of nitro benzene ring substituents is 1. The number of methoxy groups -OCH3 is 1. The Labute approximate surface area is 176 Å². The minimum absolute atomic E-state index is 0.112. The summed E-state index contributed by atoms with van der Waals surface area (Å²) in [4.78, 5) is 34.9. The molecule has 0 saturated carbocycles. The van der Waals surface area contributed by atoms with Crippen molar-refractivity contribution in [1.82, 2.24) is 0 Å². The molecule has 160 valence electrons. The molecule has 2 aromatic carbocycles. The molecule has 0 aliphatic heterocycles. The number of hydrogen-bond donors (Lipinski definition) is 2. The number of furan rings is 1. The second kappa shape index (κ2) is 9.92. The first kappa shape index (κ1) is 21.4. The number of carbonyl (C=O) groups excluding carboxylic acids is 2. The van der Waals surface area contributed by atoms with Crippen LogP contribution in [0.3, 0.4) is 0 Å². The summed E-state index contributed by atoms with van der Waals surface area (Å²) in [5, 5.41) is 16.4. The van der Waals surface area contributed by atoms with Crippen molar-refractivity contribution in [1.29, 1.82) is 0 Å². The van der Waals surface area contributed by atoms with Gasteiger partial charge in [0.25, 0.3) is 11.6 Å². The highest BCUT2D eigenvalue weighted by atomic mass is 16.6. The van der Waals surface area contributed by atoms with Crippen molar-refractivity contribution in [2.24, 2.45) is 0 Å². The van der Waals surface area contributed by atoms with Gasteiger partial charge in [-0.25, -0.2) is 4.79 Å². The Balaban J connectivity index is 1.60. The molecule has 1 heterocycles. The van der Waals surface area contributed by atoms with Crippen LogP contribution in [-0.2, 0) is 16.1 Å². The molecule has 2 N–H and O–H groups in total. The Hall–Kier alpha value is -4.34. The predicted molar refractivity (Wildman–Crippen MR) is 111 cm³/mol. The topological polar surface area (TPSA) is 133 Å². The third-order valence-corrected chi connectivity index (χ3v) is 4.18. The van der Waals surface area contributed by atoms with Gasteiger partial charge < -0.3 is 24.5 Å². The molecule has 10 heteroatoms. The molecule has 0 atom stereocenters. The van der Waals surface area contributed by atoms with Gasteiger partial charge in [-0.15, -0.1) is 0 Å². The van der Waals surface area contributed by atoms with Gasteiger partial charge in [0.2, 0.25) is 0 Å². The highest BCUT2D eigenvalue weighted by Gasteiger charge is 2.17. The van der Waals surface area contributed by atoms with Crippen LogP contribution in [0.1, 0.15) is 16.1 Å². The molecule has 0 bridgehead atoms. The zero-order chi connectivity index (χ0) is 22.2. The third kappa shape index (κ3) is 5.60. The number of anilines is 2. The summed E-state index contributed by atoms with van der Waals surface area (Å²) >= 11 is 0. The van der Waals surface area contributed by atoms with Crippen molar-refractivity contribution in [2.75, 3.05) is 24.4 Å². The fourth-order valence-electron chi connectivity index (χ4n) is 2.70. The molecular weight excluding hydrogens is 406 g/mol. The first-order valence-electron chi connectivity index (χ1n) is 9.12. The Morgan fingerprint density at radius 3 is 2.61 bits per heavy atom. The second-order valence-corrected chi connectivity index (χ2v) is 6.24. The Kier molecular flexibility index (Phi) is 6.84. The van der Waals surface area contributed by atoms with E-state index >= 15 is 0 Å². The predicted octanol–water partition coefficient (Wildman–Crippen LogP) is 3.60. The van der Waals surface area contributed by atoms with Crippen LogP contribution in [0.5, 0.6) is 5.75 Å². The summed E-state index contributed by atoms with van der Waals surface area (Å²) in [5.41, 5.74) is 0.825. The van der Waals surface area contributed by atoms with E-state index in [9.17, 15) is 19.7 Å². The Morgan fingerprint density at radius 2 is 1.90 bits per heavy atom. The average Bonchev–Trinajstić information content (AvgIpc) is 3.30. The van der Waals surface area contributed by atoms with E-state index in [4.69, 9.17) is 13.9 Å². The van der Waals surface area contributed by atoms with Crippen LogP contribution < -0.4 is 15.4 Å². The summed E-state index contributed by atoms with van der Waals surface area (Å²) in [5.74, 6) is -0.504. The molecule has 1 amide bonds. The summed E-state index contributed by atoms with van der Waals surface area (Å²) in [6.07, 6.45) is 1.55. The van der Waals surface area contributed by atoms with E-state index in [-0.39, 0.29) is 22.7 Å². The van der Waals surface area contributed by atoms with E-state index < -0.39 is 23.4 Å². The highest BCUT2D eigenvalue weighted by molar-refractivity contribution is 5.99. The van der Waals surface area contributed by atoms with Crippen LogP contribution in [0.2, 0.25) is 0 Å². The van der Waals surface area contributed by atoms with Crippen molar-refractivity contribution in [3.05, 3.63) is 82.3 Å². The van der Waals surface area contributed by atoms with E-state index in [1.807, 2.05) is 0 Å². The number of esters is 1. The molecule has 0 fully saturated rings. The molecule has 0 unspecified atom stereocenters. The molecule has 10 nitrogen and oxygen atoms in total. The molecule has 0 saturated heterocycles. The lowest BCUT2D eigenvalue weighted by Gasteiger charge is -2.12. The van der Waals surface area contributed by atoms with E-state index in [0.717, 1.165) is 0 Å². The number of nitrogens with one attached hydrogen (secondary N) is 2. The minimum atomic E-state index is -0.687. The molecule has 1 aromatic heterocycles. The fraction of sp³-hybridized carbons (Fsp3) is 0.143. The zero-order valence-corrected chi connectivity index (χ0v) is 16.5. The minimum Gasteiger partial charge on any atom is -0.494 e. The standard InChI is InChI=1S/C21H19N3O7/c1-29-19-11-14(24(27)28)8-9-18(19)23-20(25)13-31-21(26)16-6-2-3-7-17(16)22-12-15-5-4-10-30-15/h2-11,22H,12-13H2,1H3,(H,23,25). The lowest BCUT2D eigenvalue weighted by Crippen LogP contribution is -2.21. The number of ether oxygens (including phenoxy) is 2. The maximum atomic E-state index is 12.5. The molecule has 0 spiro atoms. The van der Waals surface area contributed by atoms with Gasteiger partial charge in [0.05, 0.1) is 42.2 Å². The van der Waals surface area contributed by atoms with E-state index in [1.54, 1.807) is 42.7 Å². The number of rotatable bonds is 9. The smallest absolute Gasteiger partial charge is 0.340 e. The fourth-order valence-corrected chi connectivity index (χ4v) is 2.70. The van der Waals surface area contributed by atoms with Gasteiger partial charge in [0, 0.05) is 11.8 Å². The van der Waals surface area contributed by atoms with Crippen molar-refractivity contribution < 1.29 is 28.4 Å². The van der Waals surface area contributed by atoms with E-state index in [2.05, 4.69) is 10.6 Å². The SMILES string of the molecule is COc1cc([N+](=O)[O-])ccc1NC(=O)COC(=O)c1ccccc1NCc1ccco1. The third-order valence-electron chi connectivity index (χ3n) is 4.18. The zero-order valence-electron chi connectivity index (χ0n) is 16.5. The number of non-ortho nitro benzene ring substituents is 1. The summed E-state index contributed by atoms with van der Waals surface area (Å²) in [6.45, 7) is -0.177. The first-order valence-corrected chi connectivity index (χ1v) is 9.12. The van der Waals surface area contributed by atoms with Crippen molar-refractivity contribution >= 4 is 28.9 Å². The van der Waals surface area contributed by atoms with Crippen LogP contribution in [-0.4, -0.2) is 30.5 Å². The van der Waals surface area contributed by atoms with E-state index in [0.29, 0.717) is 18.0 Å². The largest absolute Gasteiger partial charge is 0.494 e. The van der Waals surface area contributed by atoms with Crippen LogP contribution in [0.15, 0.2) is 65.3 Å². The number of nitro groups is 1. The average molecular weight is 425 g/mol. The Morgan fingerprint density at radius 1 is 1.10 bits per heavy atom. The lowest BCUT2D eigenvalue weighted by molar-refractivity contribution is -0.384. The summed E-state index contributed by atoms with van der Waals surface area (Å²) in [6, 6.07) is 14.0. The van der Waals surface area contributed by atoms with E-state index in [1.165, 1.54) is 25.3 Å². The van der Waals surface area contributed by atoms with Crippen molar-refractivity contribution in [3.63, 3.8) is 0 Å². The second-order valence-electron chi connectivity index (χ2n) is 6.24. The van der Waals surface area contributed by atoms with Gasteiger partial charge in [-0.3, -0.25) is 14.9 Å². The monoisotopic (exact) mass is 425 g/mol. The Bertz CT molecular complexity index is 1080. The molecule has 0 aliphatic rings. The lowest BCUT2D eigenvalue weighted by atomic mass is 10.2. The van der Waals surface area contributed by atoms with Crippen molar-refractivity contribution in [3.8, 4) is 5.75 Å². The summed E-state index contributed by atoms with van der Waals surface area (Å²) < 4.78 is 15.4. The molecule has 0 aliphatic carbocycles. The number of hydrogen-bond acceptors (Lipinski definition) is 8. The molecule has 3 rings (SSSR count). The number of benzene rings is 2. The number of nitrogens with zero attached hydrogens (tertiary/aromatic N) is 1. The van der Waals surface area contributed by atoms with Gasteiger partial charge >= 0.3 is 5.97 Å². The van der Waals surface area contributed by atoms with Gasteiger partial charge in [-0.05, 0) is 30.3 Å². The van der Waals surface area contributed by atoms with Crippen molar-refractivity contribution in [2.45, 2.75) is 6.54 Å². The number of para-hydroxylation sites is 1. The van der Waals surface area contributed by atoms with Gasteiger partial charge in [0.15, 0.2) is 6.61 Å². The van der Waals surface area contributed by atoms with Crippen LogP contribution >= 0.6 is 0 Å². The molecule has 3 aromatic rings. The van der Waals surface area contributed by atoms with Gasteiger partial charge in [-0.1, -0.05) is 12.1 Å². The van der Waals surface area contributed by atoms with Crippen LogP contribution in [0, 0.1) is 10.1 Å². The highest BCUT2D eigenvalue weighted by Crippen LogP contribution is 2.29. The van der Waals surface area contributed by atoms with Crippen LogP contribution in [0.4, 0.5) is 17.1 Å². The molecule has 0 radical (unpaired) electrons. The molecular formula is C21H19N3O7.